The first-order chi connectivity index (χ1) is 12.0. The molecule has 0 unspecified atom stereocenters. The van der Waals surface area contributed by atoms with Crippen LogP contribution in [0.3, 0.4) is 0 Å². The van der Waals surface area contributed by atoms with Gasteiger partial charge in [-0.1, -0.05) is 18.2 Å². The largest absolute Gasteiger partial charge is 0.480 e. The second kappa shape index (κ2) is 5.51. The highest BCUT2D eigenvalue weighted by molar-refractivity contribution is 5.98. The summed E-state index contributed by atoms with van der Waals surface area (Å²) < 4.78 is 5.44. The van der Waals surface area contributed by atoms with Crippen LogP contribution in [0.5, 0.6) is 0 Å². The molecule has 0 saturated heterocycles. The van der Waals surface area contributed by atoms with Crippen molar-refractivity contribution in [2.45, 2.75) is 32.9 Å². The average Bonchev–Trinajstić information content (AvgIpc) is 3.11. The van der Waals surface area contributed by atoms with Crippen LogP contribution in [0.4, 0.5) is 0 Å². The second-order valence-corrected chi connectivity index (χ2v) is 6.45. The predicted molar refractivity (Wildman–Crippen MR) is 91.5 cm³/mol. The SMILES string of the molecule is Cc1cc(C(=O)N2Cc3[nH]c4ccccc4c3C[C@H]2C(=O)O)c(C)o1. The lowest BCUT2D eigenvalue weighted by Gasteiger charge is -2.33. The van der Waals surface area contributed by atoms with Gasteiger partial charge in [0.2, 0.25) is 0 Å². The Morgan fingerprint density at radius 1 is 1.28 bits per heavy atom. The number of amides is 1. The fourth-order valence-electron chi connectivity index (χ4n) is 3.64. The highest BCUT2D eigenvalue weighted by atomic mass is 16.4. The van der Waals surface area contributed by atoms with Crippen molar-refractivity contribution in [3.8, 4) is 0 Å². The van der Waals surface area contributed by atoms with Gasteiger partial charge in [-0.3, -0.25) is 4.79 Å². The number of aromatic amines is 1. The summed E-state index contributed by atoms with van der Waals surface area (Å²) in [6, 6.07) is 8.57. The van der Waals surface area contributed by atoms with Crippen LogP contribution in [0.25, 0.3) is 10.9 Å². The molecule has 1 amide bonds. The fourth-order valence-corrected chi connectivity index (χ4v) is 3.64. The summed E-state index contributed by atoms with van der Waals surface area (Å²) in [5, 5.41) is 10.7. The van der Waals surface area contributed by atoms with Crippen LogP contribution in [0, 0.1) is 13.8 Å². The number of para-hydroxylation sites is 1. The predicted octanol–water partition coefficient (Wildman–Crippen LogP) is 3.03. The van der Waals surface area contributed by atoms with Gasteiger partial charge in [-0.05, 0) is 31.5 Å². The molecule has 25 heavy (non-hydrogen) atoms. The van der Waals surface area contributed by atoms with Gasteiger partial charge in [0.25, 0.3) is 5.91 Å². The maximum Gasteiger partial charge on any atom is 0.326 e. The van der Waals surface area contributed by atoms with E-state index in [-0.39, 0.29) is 18.9 Å². The number of carbonyl (C=O) groups is 2. The molecule has 2 N–H and O–H groups in total. The molecule has 3 heterocycles. The Bertz CT molecular complexity index is 998. The Hall–Kier alpha value is -3.02. The number of aryl methyl sites for hydroxylation is 2. The Morgan fingerprint density at radius 3 is 2.72 bits per heavy atom. The lowest BCUT2D eigenvalue weighted by molar-refractivity contribution is -0.142. The third kappa shape index (κ3) is 2.41. The van der Waals surface area contributed by atoms with E-state index < -0.39 is 12.0 Å². The molecule has 0 spiro atoms. The van der Waals surface area contributed by atoms with E-state index in [1.165, 1.54) is 4.90 Å². The van der Waals surface area contributed by atoms with Gasteiger partial charge in [-0.25, -0.2) is 4.79 Å². The van der Waals surface area contributed by atoms with E-state index in [1.807, 2.05) is 24.3 Å². The Labute approximate surface area is 144 Å². The summed E-state index contributed by atoms with van der Waals surface area (Å²) in [5.74, 6) is -0.168. The number of rotatable bonds is 2. The first kappa shape index (κ1) is 15.5. The number of aromatic nitrogens is 1. The molecule has 1 atom stereocenters. The molecular weight excluding hydrogens is 320 g/mol. The van der Waals surface area contributed by atoms with E-state index in [0.29, 0.717) is 17.1 Å². The van der Waals surface area contributed by atoms with Crippen LogP contribution in [0.1, 0.15) is 33.1 Å². The summed E-state index contributed by atoms with van der Waals surface area (Å²) in [4.78, 5) is 29.5. The van der Waals surface area contributed by atoms with Gasteiger partial charge in [0.05, 0.1) is 12.1 Å². The lowest BCUT2D eigenvalue weighted by atomic mass is 9.96. The zero-order valence-corrected chi connectivity index (χ0v) is 14.0. The highest BCUT2D eigenvalue weighted by Gasteiger charge is 2.37. The smallest absolute Gasteiger partial charge is 0.326 e. The van der Waals surface area contributed by atoms with Crippen molar-refractivity contribution in [1.29, 1.82) is 0 Å². The second-order valence-electron chi connectivity index (χ2n) is 6.45. The molecule has 1 aliphatic heterocycles. The van der Waals surface area contributed by atoms with Crippen LogP contribution >= 0.6 is 0 Å². The molecular formula is C19H18N2O4. The third-order valence-corrected chi connectivity index (χ3v) is 4.82. The maximum absolute atomic E-state index is 13.0. The summed E-state index contributed by atoms with van der Waals surface area (Å²) >= 11 is 0. The summed E-state index contributed by atoms with van der Waals surface area (Å²) in [6.07, 6.45) is 0.288. The Kier molecular flexibility index (Phi) is 3.42. The number of hydrogen-bond acceptors (Lipinski definition) is 3. The molecule has 4 rings (SSSR count). The number of nitrogens with zero attached hydrogens (tertiary/aromatic N) is 1. The van der Waals surface area contributed by atoms with E-state index in [0.717, 1.165) is 22.2 Å². The number of carboxylic acid groups (broad SMARTS) is 1. The number of benzene rings is 1. The van der Waals surface area contributed by atoms with Crippen LogP contribution < -0.4 is 0 Å². The van der Waals surface area contributed by atoms with Crippen molar-refractivity contribution in [3.63, 3.8) is 0 Å². The number of furan rings is 1. The highest BCUT2D eigenvalue weighted by Crippen LogP contribution is 2.31. The number of nitrogens with one attached hydrogen (secondary N) is 1. The Balaban J connectivity index is 1.78. The molecule has 0 bridgehead atoms. The molecule has 0 fully saturated rings. The average molecular weight is 338 g/mol. The van der Waals surface area contributed by atoms with Crippen molar-refractivity contribution in [2.75, 3.05) is 0 Å². The van der Waals surface area contributed by atoms with Gasteiger partial charge in [-0.2, -0.15) is 0 Å². The topological polar surface area (TPSA) is 86.5 Å². The van der Waals surface area contributed by atoms with Gasteiger partial charge < -0.3 is 19.4 Å². The van der Waals surface area contributed by atoms with E-state index >= 15 is 0 Å². The van der Waals surface area contributed by atoms with E-state index in [9.17, 15) is 14.7 Å². The minimum atomic E-state index is -0.998. The summed E-state index contributed by atoms with van der Waals surface area (Å²) in [7, 11) is 0. The number of carbonyl (C=O) groups excluding carboxylic acids is 1. The standard InChI is InChI=1S/C19H18N2O4/c1-10-7-13(11(2)25-10)18(22)21-9-16-14(8-17(21)19(23)24)12-5-3-4-6-15(12)20-16/h3-7,17,20H,8-9H2,1-2H3,(H,23,24)/t17-/m0/s1. The van der Waals surface area contributed by atoms with Gasteiger partial charge in [-0.15, -0.1) is 0 Å². The summed E-state index contributed by atoms with van der Waals surface area (Å²) in [6.45, 7) is 3.72. The normalized spacial score (nSPS) is 16.9. The third-order valence-electron chi connectivity index (χ3n) is 4.82. The van der Waals surface area contributed by atoms with Crippen molar-refractivity contribution < 1.29 is 19.1 Å². The molecule has 2 aromatic heterocycles. The minimum Gasteiger partial charge on any atom is -0.480 e. The molecule has 0 radical (unpaired) electrons. The number of fused-ring (bicyclic) bond motifs is 3. The van der Waals surface area contributed by atoms with Gasteiger partial charge in [0.1, 0.15) is 17.6 Å². The van der Waals surface area contributed by atoms with Crippen molar-refractivity contribution in [2.24, 2.45) is 0 Å². The van der Waals surface area contributed by atoms with Crippen molar-refractivity contribution in [3.05, 3.63) is 58.7 Å². The van der Waals surface area contributed by atoms with Gasteiger partial charge in [0.15, 0.2) is 0 Å². The van der Waals surface area contributed by atoms with Crippen molar-refractivity contribution in [1.82, 2.24) is 9.88 Å². The summed E-state index contributed by atoms with van der Waals surface area (Å²) in [5.41, 5.74) is 3.25. The van der Waals surface area contributed by atoms with Crippen molar-refractivity contribution >= 4 is 22.8 Å². The van der Waals surface area contributed by atoms with Crippen LogP contribution in [-0.4, -0.2) is 32.9 Å². The number of aliphatic carboxylic acids is 1. The number of H-pyrrole nitrogens is 1. The molecule has 1 aromatic carbocycles. The van der Waals surface area contributed by atoms with Crippen LogP contribution in [0.2, 0.25) is 0 Å². The number of hydrogen-bond donors (Lipinski definition) is 2. The zero-order chi connectivity index (χ0) is 17.7. The molecule has 0 aliphatic carbocycles. The van der Waals surface area contributed by atoms with Gasteiger partial charge in [0, 0.05) is 23.0 Å². The molecule has 3 aromatic rings. The zero-order valence-electron chi connectivity index (χ0n) is 14.0. The molecule has 128 valence electrons. The van der Waals surface area contributed by atoms with Crippen LogP contribution in [0.15, 0.2) is 34.7 Å². The minimum absolute atomic E-state index is 0.240. The van der Waals surface area contributed by atoms with Crippen LogP contribution in [-0.2, 0) is 17.8 Å². The van der Waals surface area contributed by atoms with E-state index in [2.05, 4.69) is 4.98 Å². The Morgan fingerprint density at radius 2 is 2.04 bits per heavy atom. The molecule has 1 aliphatic rings. The lowest BCUT2D eigenvalue weighted by Crippen LogP contribution is -2.48. The van der Waals surface area contributed by atoms with E-state index in [1.54, 1.807) is 19.9 Å². The molecule has 0 saturated carbocycles. The molecule has 6 heteroatoms. The number of carboxylic acids is 1. The first-order valence-electron chi connectivity index (χ1n) is 8.15. The van der Waals surface area contributed by atoms with Gasteiger partial charge >= 0.3 is 5.97 Å². The maximum atomic E-state index is 13.0. The first-order valence-corrected chi connectivity index (χ1v) is 8.15. The fraction of sp³-hybridized carbons (Fsp3) is 0.263. The monoisotopic (exact) mass is 338 g/mol. The molecule has 6 nitrogen and oxygen atoms in total. The van der Waals surface area contributed by atoms with E-state index in [4.69, 9.17) is 4.42 Å². The quantitative estimate of drug-likeness (QED) is 0.752.